The minimum Gasteiger partial charge on any atom is -0.454 e. The van der Waals surface area contributed by atoms with Gasteiger partial charge in [-0.05, 0) is 54.8 Å². The Balaban J connectivity index is 1.88. The molecule has 0 saturated heterocycles. The van der Waals surface area contributed by atoms with Crippen LogP contribution in [-0.4, -0.2) is 13.0 Å². The summed E-state index contributed by atoms with van der Waals surface area (Å²) in [7, 11) is 0. The first kappa shape index (κ1) is 11.8. The molecule has 0 aromatic heterocycles. The Morgan fingerprint density at radius 2 is 1.84 bits per heavy atom. The van der Waals surface area contributed by atoms with Gasteiger partial charge in [0.05, 0.1) is 5.69 Å². The van der Waals surface area contributed by atoms with Crippen molar-refractivity contribution in [2.45, 2.75) is 13.8 Å². The van der Waals surface area contributed by atoms with Gasteiger partial charge in [0.25, 0.3) is 0 Å². The lowest BCUT2D eigenvalue weighted by atomic mass is 10.1. The minimum absolute atomic E-state index is 0.299. The van der Waals surface area contributed by atoms with Crippen LogP contribution in [-0.2, 0) is 0 Å². The molecule has 0 amide bonds. The first-order valence-corrected chi connectivity index (χ1v) is 6.23. The molecule has 3 rings (SSSR count). The van der Waals surface area contributed by atoms with Crippen LogP contribution < -0.4 is 9.47 Å². The Kier molecular flexibility index (Phi) is 2.95. The second kappa shape index (κ2) is 4.76. The van der Waals surface area contributed by atoms with Crippen LogP contribution in [0.1, 0.15) is 16.7 Å². The maximum absolute atomic E-state index is 5.35. The summed E-state index contributed by atoms with van der Waals surface area (Å²) in [6.45, 7) is 4.43. The van der Waals surface area contributed by atoms with Crippen LogP contribution >= 0.6 is 0 Å². The maximum Gasteiger partial charge on any atom is 0.231 e. The van der Waals surface area contributed by atoms with Crippen LogP contribution in [0.15, 0.2) is 41.4 Å². The van der Waals surface area contributed by atoms with E-state index in [-0.39, 0.29) is 0 Å². The molecule has 0 atom stereocenters. The van der Waals surface area contributed by atoms with E-state index in [0.717, 1.165) is 22.7 Å². The van der Waals surface area contributed by atoms with Gasteiger partial charge in [-0.3, -0.25) is 4.99 Å². The van der Waals surface area contributed by atoms with Crippen LogP contribution in [0, 0.1) is 13.8 Å². The van der Waals surface area contributed by atoms with Crippen molar-refractivity contribution in [2.24, 2.45) is 4.99 Å². The van der Waals surface area contributed by atoms with E-state index >= 15 is 0 Å². The molecule has 2 aromatic rings. The highest BCUT2D eigenvalue weighted by atomic mass is 16.7. The van der Waals surface area contributed by atoms with E-state index in [1.165, 1.54) is 11.1 Å². The van der Waals surface area contributed by atoms with E-state index in [9.17, 15) is 0 Å². The molecular weight excluding hydrogens is 238 g/mol. The van der Waals surface area contributed by atoms with Crippen molar-refractivity contribution in [3.63, 3.8) is 0 Å². The van der Waals surface area contributed by atoms with Crippen molar-refractivity contribution in [1.82, 2.24) is 0 Å². The molecule has 0 spiro atoms. The molecule has 1 aliphatic rings. The molecular formula is C16H15NO2. The van der Waals surface area contributed by atoms with Crippen LogP contribution in [0.4, 0.5) is 5.69 Å². The number of aliphatic imine (C=N–C) groups is 1. The normalized spacial score (nSPS) is 13.2. The summed E-state index contributed by atoms with van der Waals surface area (Å²) in [5, 5.41) is 0. The fourth-order valence-corrected chi connectivity index (χ4v) is 2.00. The topological polar surface area (TPSA) is 30.8 Å². The number of fused-ring (bicyclic) bond motifs is 1. The van der Waals surface area contributed by atoms with Gasteiger partial charge in [-0.1, -0.05) is 12.1 Å². The Morgan fingerprint density at radius 3 is 2.74 bits per heavy atom. The average Bonchev–Trinajstić information content (AvgIpc) is 2.87. The number of hydrogen-bond acceptors (Lipinski definition) is 3. The van der Waals surface area contributed by atoms with Gasteiger partial charge in [-0.15, -0.1) is 0 Å². The lowest BCUT2D eigenvalue weighted by Gasteiger charge is -2.01. The summed E-state index contributed by atoms with van der Waals surface area (Å²) in [6.07, 6.45) is 1.85. The molecule has 1 heterocycles. The number of hydrogen-bond donors (Lipinski definition) is 0. The molecule has 0 radical (unpaired) electrons. The van der Waals surface area contributed by atoms with Gasteiger partial charge in [0, 0.05) is 6.21 Å². The molecule has 2 aromatic carbocycles. The van der Waals surface area contributed by atoms with Crippen molar-refractivity contribution in [1.29, 1.82) is 0 Å². The fraction of sp³-hybridized carbons (Fsp3) is 0.188. The van der Waals surface area contributed by atoms with Gasteiger partial charge in [0.15, 0.2) is 11.5 Å². The molecule has 96 valence electrons. The summed E-state index contributed by atoms with van der Waals surface area (Å²) in [4.78, 5) is 4.54. The van der Waals surface area contributed by atoms with Gasteiger partial charge >= 0.3 is 0 Å². The van der Waals surface area contributed by atoms with Crippen molar-refractivity contribution in [3.05, 3.63) is 53.1 Å². The largest absolute Gasteiger partial charge is 0.454 e. The first-order valence-electron chi connectivity index (χ1n) is 6.23. The molecule has 0 bridgehead atoms. The molecule has 0 N–H and O–H groups in total. The summed E-state index contributed by atoms with van der Waals surface area (Å²) < 4.78 is 10.6. The predicted octanol–water partition coefficient (Wildman–Crippen LogP) is 3.78. The lowest BCUT2D eigenvalue weighted by Crippen LogP contribution is -1.92. The Morgan fingerprint density at radius 1 is 1.00 bits per heavy atom. The Hall–Kier alpha value is -2.29. The number of nitrogens with zero attached hydrogens (tertiary/aromatic N) is 1. The summed E-state index contributed by atoms with van der Waals surface area (Å²) in [6, 6.07) is 12.1. The van der Waals surface area contributed by atoms with Crippen LogP contribution in [0.2, 0.25) is 0 Å². The molecule has 0 unspecified atom stereocenters. The standard InChI is InChI=1S/C16H15NO2/c1-11-3-4-12(2)14(7-11)17-9-13-5-6-15-16(8-13)19-10-18-15/h3-9H,10H2,1-2H3. The number of aryl methyl sites for hydroxylation is 2. The number of rotatable bonds is 2. The van der Waals surface area contributed by atoms with E-state index in [0.29, 0.717) is 6.79 Å². The average molecular weight is 253 g/mol. The Labute approximate surface area is 112 Å². The highest BCUT2D eigenvalue weighted by Crippen LogP contribution is 2.32. The van der Waals surface area contributed by atoms with E-state index in [1.54, 1.807) is 0 Å². The van der Waals surface area contributed by atoms with Crippen LogP contribution in [0.3, 0.4) is 0 Å². The van der Waals surface area contributed by atoms with Gasteiger partial charge in [-0.25, -0.2) is 0 Å². The molecule has 0 saturated carbocycles. The van der Waals surface area contributed by atoms with Crippen molar-refractivity contribution in [2.75, 3.05) is 6.79 Å². The second-order valence-corrected chi connectivity index (χ2v) is 4.66. The SMILES string of the molecule is Cc1ccc(C)c(N=Cc2ccc3c(c2)OCO3)c1. The molecule has 3 heteroatoms. The van der Waals surface area contributed by atoms with Gasteiger partial charge in [-0.2, -0.15) is 0 Å². The zero-order valence-electron chi connectivity index (χ0n) is 11.0. The zero-order chi connectivity index (χ0) is 13.2. The zero-order valence-corrected chi connectivity index (χ0v) is 11.0. The van der Waals surface area contributed by atoms with E-state index in [1.807, 2.05) is 24.4 Å². The lowest BCUT2D eigenvalue weighted by molar-refractivity contribution is 0.174. The monoisotopic (exact) mass is 253 g/mol. The van der Waals surface area contributed by atoms with Gasteiger partial charge in [0.1, 0.15) is 0 Å². The molecule has 0 aliphatic carbocycles. The van der Waals surface area contributed by atoms with Crippen LogP contribution in [0.5, 0.6) is 11.5 Å². The summed E-state index contributed by atoms with van der Waals surface area (Å²) in [5.41, 5.74) is 4.38. The maximum atomic E-state index is 5.35. The van der Waals surface area contributed by atoms with E-state index < -0.39 is 0 Å². The summed E-state index contributed by atoms with van der Waals surface area (Å²) >= 11 is 0. The molecule has 19 heavy (non-hydrogen) atoms. The third-order valence-electron chi connectivity index (χ3n) is 3.11. The quantitative estimate of drug-likeness (QED) is 0.762. The number of ether oxygens (including phenoxy) is 2. The molecule has 1 aliphatic heterocycles. The van der Waals surface area contributed by atoms with E-state index in [4.69, 9.17) is 9.47 Å². The van der Waals surface area contributed by atoms with Gasteiger partial charge < -0.3 is 9.47 Å². The molecule has 3 nitrogen and oxygen atoms in total. The third kappa shape index (κ3) is 2.45. The smallest absolute Gasteiger partial charge is 0.231 e. The summed E-state index contributed by atoms with van der Waals surface area (Å²) in [5.74, 6) is 1.58. The van der Waals surface area contributed by atoms with Crippen molar-refractivity contribution < 1.29 is 9.47 Å². The Bertz CT molecular complexity index is 647. The van der Waals surface area contributed by atoms with Crippen molar-refractivity contribution in [3.8, 4) is 11.5 Å². The predicted molar refractivity (Wildman–Crippen MR) is 75.7 cm³/mol. The van der Waals surface area contributed by atoms with Crippen molar-refractivity contribution >= 4 is 11.9 Å². The highest BCUT2D eigenvalue weighted by molar-refractivity contribution is 5.83. The third-order valence-corrected chi connectivity index (χ3v) is 3.11. The van der Waals surface area contributed by atoms with Crippen LogP contribution in [0.25, 0.3) is 0 Å². The fourth-order valence-electron chi connectivity index (χ4n) is 2.00. The van der Waals surface area contributed by atoms with E-state index in [2.05, 4.69) is 37.0 Å². The minimum atomic E-state index is 0.299. The number of benzene rings is 2. The highest BCUT2D eigenvalue weighted by Gasteiger charge is 2.12. The molecule has 0 fully saturated rings. The van der Waals surface area contributed by atoms with Gasteiger partial charge in [0.2, 0.25) is 6.79 Å². The first-order chi connectivity index (χ1) is 9.22. The second-order valence-electron chi connectivity index (χ2n) is 4.66.